The fourth-order valence-electron chi connectivity index (χ4n) is 1.23. The molecular formula is C10H13N2S+. The van der Waals surface area contributed by atoms with E-state index >= 15 is 0 Å². The number of nitrogens with two attached hydrogens (primary N) is 1. The van der Waals surface area contributed by atoms with E-state index in [0.717, 1.165) is 5.04 Å². The zero-order chi connectivity index (χ0) is 9.31. The van der Waals surface area contributed by atoms with E-state index in [1.807, 2.05) is 35.4 Å². The van der Waals surface area contributed by atoms with Crippen LogP contribution in [-0.2, 0) is 0 Å². The van der Waals surface area contributed by atoms with E-state index in [1.54, 1.807) is 0 Å². The molecule has 1 aromatic rings. The second kappa shape index (κ2) is 3.16. The Morgan fingerprint density at radius 1 is 1.23 bits per heavy atom. The molecule has 0 fully saturated rings. The van der Waals surface area contributed by atoms with Crippen LogP contribution in [-0.4, -0.2) is 9.91 Å². The number of benzene rings is 1. The van der Waals surface area contributed by atoms with E-state index in [0.29, 0.717) is 0 Å². The normalized spacial score (nSPS) is 20.0. The Morgan fingerprint density at radius 2 is 1.92 bits per heavy atom. The molecule has 0 bridgehead atoms. The molecule has 13 heavy (non-hydrogen) atoms. The van der Waals surface area contributed by atoms with Crippen molar-refractivity contribution in [3.8, 4) is 0 Å². The van der Waals surface area contributed by atoms with Crippen molar-refractivity contribution in [2.24, 2.45) is 5.10 Å². The molecule has 1 aliphatic rings. The minimum atomic E-state index is 0.158. The van der Waals surface area contributed by atoms with Gasteiger partial charge in [-0.05, 0) is 11.8 Å². The standard InChI is InChI=1S/C10H12N2S/c1-10(2)12-11-9(13-10)8-6-4-3-5-7-8/h3-7,12H,1-2H3/p+1. The summed E-state index contributed by atoms with van der Waals surface area (Å²) < 4.78 is 0. The fraction of sp³-hybridized carbons (Fsp3) is 0.300. The third-order valence-corrected chi connectivity index (χ3v) is 3.04. The Bertz CT molecular complexity index is 330. The highest BCUT2D eigenvalue weighted by molar-refractivity contribution is 8.15. The first-order valence-electron chi connectivity index (χ1n) is 4.34. The van der Waals surface area contributed by atoms with Crippen molar-refractivity contribution in [3.05, 3.63) is 35.9 Å². The molecule has 0 spiro atoms. The van der Waals surface area contributed by atoms with E-state index in [-0.39, 0.29) is 4.87 Å². The predicted molar refractivity (Wildman–Crippen MR) is 56.6 cm³/mol. The third-order valence-electron chi connectivity index (χ3n) is 1.87. The van der Waals surface area contributed by atoms with E-state index in [1.165, 1.54) is 5.56 Å². The Kier molecular flexibility index (Phi) is 2.14. The van der Waals surface area contributed by atoms with Gasteiger partial charge in [0.05, 0.1) is 0 Å². The van der Waals surface area contributed by atoms with Gasteiger partial charge in [-0.25, -0.2) is 5.43 Å². The van der Waals surface area contributed by atoms with Crippen LogP contribution in [0.25, 0.3) is 0 Å². The van der Waals surface area contributed by atoms with Crippen LogP contribution in [0.3, 0.4) is 0 Å². The average molecular weight is 193 g/mol. The van der Waals surface area contributed by atoms with Gasteiger partial charge in [-0.15, -0.1) is 0 Å². The van der Waals surface area contributed by atoms with E-state index in [9.17, 15) is 0 Å². The lowest BCUT2D eigenvalue weighted by Crippen LogP contribution is -2.86. The summed E-state index contributed by atoms with van der Waals surface area (Å²) in [6.07, 6.45) is 0. The maximum Gasteiger partial charge on any atom is 0.167 e. The van der Waals surface area contributed by atoms with Crippen molar-refractivity contribution in [1.29, 1.82) is 0 Å². The number of quaternary nitrogens is 1. The van der Waals surface area contributed by atoms with Crippen LogP contribution >= 0.6 is 11.8 Å². The van der Waals surface area contributed by atoms with Crippen molar-refractivity contribution in [3.63, 3.8) is 0 Å². The lowest BCUT2D eigenvalue weighted by atomic mass is 10.2. The molecular weight excluding hydrogens is 180 g/mol. The zero-order valence-electron chi connectivity index (χ0n) is 7.82. The van der Waals surface area contributed by atoms with Crippen LogP contribution in [0.1, 0.15) is 19.4 Å². The molecule has 68 valence electrons. The van der Waals surface area contributed by atoms with Crippen molar-refractivity contribution >= 4 is 16.8 Å². The lowest BCUT2D eigenvalue weighted by Gasteiger charge is -2.09. The summed E-state index contributed by atoms with van der Waals surface area (Å²) in [6, 6.07) is 10.3. The topological polar surface area (TPSA) is 29.0 Å². The molecule has 0 aromatic heterocycles. The van der Waals surface area contributed by atoms with Gasteiger partial charge < -0.3 is 0 Å². The zero-order valence-corrected chi connectivity index (χ0v) is 8.64. The molecule has 0 saturated heterocycles. The third kappa shape index (κ3) is 1.92. The second-order valence-corrected chi connectivity index (χ2v) is 5.28. The molecule has 3 heteroatoms. The largest absolute Gasteiger partial charge is 0.206 e. The monoisotopic (exact) mass is 193 g/mol. The molecule has 0 unspecified atom stereocenters. The Morgan fingerprint density at radius 3 is 2.46 bits per heavy atom. The SMILES string of the molecule is CC1(C)[NH2+]N=C(c2ccccc2)S1. The van der Waals surface area contributed by atoms with Gasteiger partial charge in [0.2, 0.25) is 0 Å². The fourth-order valence-corrected chi connectivity index (χ4v) is 2.19. The van der Waals surface area contributed by atoms with Gasteiger partial charge in [-0.2, -0.15) is 0 Å². The van der Waals surface area contributed by atoms with Gasteiger partial charge in [0.15, 0.2) is 9.91 Å². The van der Waals surface area contributed by atoms with Gasteiger partial charge in [0.1, 0.15) is 0 Å². The van der Waals surface area contributed by atoms with Crippen molar-refractivity contribution in [1.82, 2.24) is 0 Å². The Labute approximate surface area is 82.4 Å². The first kappa shape index (κ1) is 8.78. The lowest BCUT2D eigenvalue weighted by molar-refractivity contribution is -0.698. The van der Waals surface area contributed by atoms with Crippen LogP contribution in [0.4, 0.5) is 0 Å². The summed E-state index contributed by atoms with van der Waals surface area (Å²) in [6.45, 7) is 4.36. The number of hydrogen-bond donors (Lipinski definition) is 1. The maximum absolute atomic E-state index is 4.41. The van der Waals surface area contributed by atoms with Gasteiger partial charge >= 0.3 is 0 Å². The number of hydrogen-bond acceptors (Lipinski definition) is 2. The summed E-state index contributed by atoms with van der Waals surface area (Å²) in [4.78, 5) is 0.158. The Hall–Kier alpha value is -0.800. The van der Waals surface area contributed by atoms with E-state index in [4.69, 9.17) is 0 Å². The molecule has 0 atom stereocenters. The first-order chi connectivity index (χ1) is 6.17. The molecule has 0 aliphatic carbocycles. The highest BCUT2D eigenvalue weighted by Crippen LogP contribution is 2.25. The Balaban J connectivity index is 2.22. The molecule has 2 N–H and O–H groups in total. The summed E-state index contributed by atoms with van der Waals surface area (Å²) in [5.41, 5.74) is 3.23. The van der Waals surface area contributed by atoms with Crippen LogP contribution in [0.2, 0.25) is 0 Å². The van der Waals surface area contributed by atoms with Gasteiger partial charge in [0, 0.05) is 19.4 Å². The van der Waals surface area contributed by atoms with Crippen LogP contribution < -0.4 is 5.43 Å². The number of nitrogens with zero attached hydrogens (tertiary/aromatic N) is 1. The van der Waals surface area contributed by atoms with Crippen molar-refractivity contribution in [2.45, 2.75) is 18.7 Å². The van der Waals surface area contributed by atoms with Gasteiger partial charge in [-0.1, -0.05) is 35.4 Å². The van der Waals surface area contributed by atoms with Crippen molar-refractivity contribution in [2.75, 3.05) is 0 Å². The quantitative estimate of drug-likeness (QED) is 0.671. The molecule has 0 radical (unpaired) electrons. The molecule has 1 aliphatic heterocycles. The maximum atomic E-state index is 4.41. The van der Waals surface area contributed by atoms with Gasteiger partial charge in [-0.3, -0.25) is 0 Å². The molecule has 2 nitrogen and oxygen atoms in total. The number of rotatable bonds is 1. The molecule has 2 rings (SSSR count). The molecule has 1 heterocycles. The smallest absolute Gasteiger partial charge is 0.167 e. The molecule has 0 saturated carbocycles. The summed E-state index contributed by atoms with van der Waals surface area (Å²) in [7, 11) is 0. The van der Waals surface area contributed by atoms with Crippen LogP contribution in [0, 0.1) is 0 Å². The van der Waals surface area contributed by atoms with E-state index < -0.39 is 0 Å². The highest BCUT2D eigenvalue weighted by Gasteiger charge is 2.32. The summed E-state index contributed by atoms with van der Waals surface area (Å²) in [5.74, 6) is 0. The van der Waals surface area contributed by atoms with Gasteiger partial charge in [0.25, 0.3) is 0 Å². The molecule has 0 amide bonds. The minimum absolute atomic E-state index is 0.158. The first-order valence-corrected chi connectivity index (χ1v) is 5.16. The van der Waals surface area contributed by atoms with E-state index in [2.05, 4.69) is 31.1 Å². The second-order valence-electron chi connectivity index (χ2n) is 3.63. The summed E-state index contributed by atoms with van der Waals surface area (Å²) >= 11 is 1.82. The highest BCUT2D eigenvalue weighted by atomic mass is 32.2. The summed E-state index contributed by atoms with van der Waals surface area (Å²) in [5, 5.41) is 5.54. The average Bonchev–Trinajstić information content (AvgIpc) is 2.48. The molecule has 1 aromatic carbocycles. The minimum Gasteiger partial charge on any atom is -0.206 e. The predicted octanol–water partition coefficient (Wildman–Crippen LogP) is 1.39. The van der Waals surface area contributed by atoms with Crippen LogP contribution in [0.15, 0.2) is 35.4 Å². The number of thioether (sulfide) groups is 1. The van der Waals surface area contributed by atoms with Crippen LogP contribution in [0.5, 0.6) is 0 Å². The van der Waals surface area contributed by atoms with Crippen molar-refractivity contribution < 1.29 is 5.43 Å².